The molecular formula is C12H23N3O3. The topological polar surface area (TPSA) is 70.7 Å². The molecule has 2 amide bonds. The smallest absolute Gasteiger partial charge is 0.240 e. The predicted octanol–water partition coefficient (Wildman–Crippen LogP) is -0.652. The molecule has 0 aromatic heterocycles. The highest BCUT2D eigenvalue weighted by Gasteiger charge is 2.29. The first-order valence-electron chi connectivity index (χ1n) is 6.35. The van der Waals surface area contributed by atoms with E-state index in [1.165, 1.54) is 0 Å². The lowest BCUT2D eigenvalue weighted by Crippen LogP contribution is -2.57. The third-order valence-electron chi connectivity index (χ3n) is 2.79. The molecule has 0 aromatic carbocycles. The monoisotopic (exact) mass is 257 g/mol. The highest BCUT2D eigenvalue weighted by atomic mass is 16.5. The summed E-state index contributed by atoms with van der Waals surface area (Å²) in [5, 5.41) is 5.88. The minimum Gasteiger partial charge on any atom is -0.383 e. The van der Waals surface area contributed by atoms with Crippen molar-refractivity contribution in [3.05, 3.63) is 0 Å². The largest absolute Gasteiger partial charge is 0.383 e. The highest BCUT2D eigenvalue weighted by Crippen LogP contribution is 2.05. The lowest BCUT2D eigenvalue weighted by Gasteiger charge is -2.32. The van der Waals surface area contributed by atoms with Crippen molar-refractivity contribution in [2.45, 2.75) is 32.4 Å². The van der Waals surface area contributed by atoms with Crippen molar-refractivity contribution in [2.24, 2.45) is 0 Å². The number of methoxy groups -OCH3 is 1. The van der Waals surface area contributed by atoms with Gasteiger partial charge in [-0.15, -0.1) is 0 Å². The molecule has 2 N–H and O–H groups in total. The molecule has 1 saturated heterocycles. The first-order valence-corrected chi connectivity index (χ1v) is 6.35. The van der Waals surface area contributed by atoms with Gasteiger partial charge in [-0.05, 0) is 13.8 Å². The Hall–Kier alpha value is -1.14. The number of hydrogen-bond acceptors (Lipinski definition) is 4. The van der Waals surface area contributed by atoms with E-state index in [-0.39, 0.29) is 24.3 Å². The van der Waals surface area contributed by atoms with Gasteiger partial charge in [0, 0.05) is 32.8 Å². The molecule has 0 saturated carbocycles. The van der Waals surface area contributed by atoms with Gasteiger partial charge in [-0.3, -0.25) is 9.59 Å². The van der Waals surface area contributed by atoms with Crippen LogP contribution in [0.25, 0.3) is 0 Å². The summed E-state index contributed by atoms with van der Waals surface area (Å²) in [5.41, 5.74) is 0. The average molecular weight is 257 g/mol. The molecule has 6 nitrogen and oxygen atoms in total. The van der Waals surface area contributed by atoms with Gasteiger partial charge in [-0.25, -0.2) is 0 Å². The first kappa shape index (κ1) is 14.9. The Morgan fingerprint density at radius 3 is 2.94 bits per heavy atom. The second kappa shape index (κ2) is 7.33. The Bertz CT molecular complexity index is 294. The molecule has 1 aliphatic rings. The van der Waals surface area contributed by atoms with Crippen LogP contribution in [0.15, 0.2) is 0 Å². The van der Waals surface area contributed by atoms with Crippen molar-refractivity contribution < 1.29 is 14.3 Å². The fraction of sp³-hybridized carbons (Fsp3) is 0.833. The summed E-state index contributed by atoms with van der Waals surface area (Å²) in [6.07, 6.45) is 0.195. The number of nitrogens with one attached hydrogen (secondary N) is 2. The highest BCUT2D eigenvalue weighted by molar-refractivity contribution is 5.89. The van der Waals surface area contributed by atoms with Crippen LogP contribution in [-0.4, -0.2) is 62.1 Å². The number of hydrogen-bond donors (Lipinski definition) is 2. The van der Waals surface area contributed by atoms with Gasteiger partial charge < -0.3 is 20.3 Å². The minimum absolute atomic E-state index is 0.0165. The molecule has 1 heterocycles. The van der Waals surface area contributed by atoms with Crippen LogP contribution in [0.2, 0.25) is 0 Å². The summed E-state index contributed by atoms with van der Waals surface area (Å²) in [5.74, 6) is -0.110. The number of ether oxygens (including phenoxy) is 1. The van der Waals surface area contributed by atoms with E-state index in [0.29, 0.717) is 19.7 Å². The number of carbonyl (C=O) groups excluding carboxylic acids is 2. The second-order valence-electron chi connectivity index (χ2n) is 4.75. The normalized spacial score (nSPS) is 20.3. The fourth-order valence-electron chi connectivity index (χ4n) is 1.94. The SMILES string of the molecule is COCCN1CCNC(CC(=O)NC(C)C)C1=O. The van der Waals surface area contributed by atoms with Gasteiger partial charge in [0.2, 0.25) is 11.8 Å². The molecule has 104 valence electrons. The lowest BCUT2D eigenvalue weighted by molar-refractivity contribution is -0.138. The second-order valence-corrected chi connectivity index (χ2v) is 4.75. The zero-order chi connectivity index (χ0) is 13.5. The van der Waals surface area contributed by atoms with Crippen molar-refractivity contribution in [2.75, 3.05) is 33.4 Å². The van der Waals surface area contributed by atoms with Crippen LogP contribution >= 0.6 is 0 Å². The van der Waals surface area contributed by atoms with Crippen LogP contribution in [-0.2, 0) is 14.3 Å². The number of piperazine rings is 1. The van der Waals surface area contributed by atoms with E-state index in [1.54, 1.807) is 12.0 Å². The summed E-state index contributed by atoms with van der Waals surface area (Å²) < 4.78 is 4.97. The predicted molar refractivity (Wildman–Crippen MR) is 68.1 cm³/mol. The summed E-state index contributed by atoms with van der Waals surface area (Å²) >= 11 is 0. The fourth-order valence-corrected chi connectivity index (χ4v) is 1.94. The molecule has 0 radical (unpaired) electrons. The van der Waals surface area contributed by atoms with E-state index in [9.17, 15) is 9.59 Å². The van der Waals surface area contributed by atoms with Crippen molar-refractivity contribution in [3.8, 4) is 0 Å². The minimum atomic E-state index is -0.408. The standard InChI is InChI=1S/C12H23N3O3/c1-9(2)14-11(16)8-10-12(17)15(5-4-13-10)6-7-18-3/h9-10,13H,4-8H2,1-3H3,(H,14,16). The summed E-state index contributed by atoms with van der Waals surface area (Å²) in [7, 11) is 1.61. The summed E-state index contributed by atoms with van der Waals surface area (Å²) in [4.78, 5) is 25.5. The van der Waals surface area contributed by atoms with Gasteiger partial charge in [0.15, 0.2) is 0 Å². The summed E-state index contributed by atoms with van der Waals surface area (Å²) in [6, 6.07) is -0.310. The van der Waals surface area contributed by atoms with Crippen LogP contribution in [0.5, 0.6) is 0 Å². The van der Waals surface area contributed by atoms with E-state index < -0.39 is 6.04 Å². The molecule has 6 heteroatoms. The number of carbonyl (C=O) groups is 2. The molecule has 1 fully saturated rings. The third-order valence-corrected chi connectivity index (χ3v) is 2.79. The zero-order valence-corrected chi connectivity index (χ0v) is 11.4. The molecule has 0 spiro atoms. The molecule has 1 rings (SSSR count). The molecule has 1 unspecified atom stereocenters. The molecule has 1 aliphatic heterocycles. The van der Waals surface area contributed by atoms with E-state index in [0.717, 1.165) is 6.54 Å². The zero-order valence-electron chi connectivity index (χ0n) is 11.4. The molecule has 1 atom stereocenters. The Balaban J connectivity index is 2.45. The van der Waals surface area contributed by atoms with Gasteiger partial charge in [-0.2, -0.15) is 0 Å². The van der Waals surface area contributed by atoms with Gasteiger partial charge in [0.25, 0.3) is 0 Å². The van der Waals surface area contributed by atoms with Crippen LogP contribution < -0.4 is 10.6 Å². The maximum Gasteiger partial charge on any atom is 0.240 e. The Labute approximate surface area is 108 Å². The average Bonchev–Trinajstić information content (AvgIpc) is 2.29. The first-order chi connectivity index (χ1) is 8.54. The van der Waals surface area contributed by atoms with E-state index in [2.05, 4.69) is 10.6 Å². The lowest BCUT2D eigenvalue weighted by atomic mass is 10.1. The summed E-state index contributed by atoms with van der Waals surface area (Å²) in [6.45, 7) is 6.30. The molecule has 0 bridgehead atoms. The Morgan fingerprint density at radius 2 is 2.33 bits per heavy atom. The maximum atomic E-state index is 12.1. The number of amides is 2. The maximum absolute atomic E-state index is 12.1. The van der Waals surface area contributed by atoms with E-state index in [4.69, 9.17) is 4.74 Å². The van der Waals surface area contributed by atoms with Crippen LogP contribution in [0.4, 0.5) is 0 Å². The molecule has 0 aliphatic carbocycles. The van der Waals surface area contributed by atoms with Crippen molar-refractivity contribution in [3.63, 3.8) is 0 Å². The van der Waals surface area contributed by atoms with E-state index >= 15 is 0 Å². The Morgan fingerprint density at radius 1 is 1.61 bits per heavy atom. The number of rotatable bonds is 6. The Kier molecular flexibility index (Phi) is 6.07. The molecular weight excluding hydrogens is 234 g/mol. The van der Waals surface area contributed by atoms with Crippen LogP contribution in [0.3, 0.4) is 0 Å². The number of nitrogens with zero attached hydrogens (tertiary/aromatic N) is 1. The quantitative estimate of drug-likeness (QED) is 0.663. The third kappa shape index (κ3) is 4.62. The van der Waals surface area contributed by atoms with Gasteiger partial charge >= 0.3 is 0 Å². The molecule has 18 heavy (non-hydrogen) atoms. The van der Waals surface area contributed by atoms with Crippen molar-refractivity contribution >= 4 is 11.8 Å². The van der Waals surface area contributed by atoms with Gasteiger partial charge in [0.1, 0.15) is 0 Å². The van der Waals surface area contributed by atoms with Crippen molar-refractivity contribution in [1.29, 1.82) is 0 Å². The van der Waals surface area contributed by atoms with Gasteiger partial charge in [-0.1, -0.05) is 0 Å². The van der Waals surface area contributed by atoms with E-state index in [1.807, 2.05) is 13.8 Å². The van der Waals surface area contributed by atoms with Crippen LogP contribution in [0, 0.1) is 0 Å². The van der Waals surface area contributed by atoms with Crippen molar-refractivity contribution in [1.82, 2.24) is 15.5 Å². The van der Waals surface area contributed by atoms with Crippen LogP contribution in [0.1, 0.15) is 20.3 Å². The molecule has 0 aromatic rings. The van der Waals surface area contributed by atoms with Gasteiger partial charge in [0.05, 0.1) is 19.1 Å².